The van der Waals surface area contributed by atoms with E-state index in [1.165, 1.54) is 10.6 Å². The average Bonchev–Trinajstić information content (AvgIpc) is 3.00. The normalized spacial score (nSPS) is 11.0. The summed E-state index contributed by atoms with van der Waals surface area (Å²) in [4.78, 5) is 21.5. The van der Waals surface area contributed by atoms with E-state index in [1.807, 2.05) is 49.4 Å². The predicted octanol–water partition coefficient (Wildman–Crippen LogP) is 3.07. The van der Waals surface area contributed by atoms with Crippen molar-refractivity contribution in [3.8, 4) is 28.4 Å². The maximum Gasteiger partial charge on any atom is 0.273 e. The summed E-state index contributed by atoms with van der Waals surface area (Å²) in [6.45, 7) is 1.93. The van der Waals surface area contributed by atoms with Crippen molar-refractivity contribution in [3.63, 3.8) is 0 Å². The molecule has 0 saturated carbocycles. The summed E-state index contributed by atoms with van der Waals surface area (Å²) in [6, 6.07) is 14.7. The minimum Gasteiger partial charge on any atom is -0.496 e. The molecular weight excluding hydrogens is 316 g/mol. The van der Waals surface area contributed by atoms with Crippen molar-refractivity contribution in [2.24, 2.45) is 0 Å². The van der Waals surface area contributed by atoms with Crippen LogP contribution in [0.2, 0.25) is 0 Å². The SMILES string of the molecule is COc1ccccc1-c1[nH]n2c(=O)cc(-c3ccccn3)nc2c1C. The van der Waals surface area contributed by atoms with Crippen molar-refractivity contribution in [2.75, 3.05) is 7.11 Å². The van der Waals surface area contributed by atoms with Crippen molar-refractivity contribution in [1.82, 2.24) is 19.6 Å². The number of benzene rings is 1. The molecule has 0 aliphatic rings. The Morgan fingerprint density at radius 1 is 1.08 bits per heavy atom. The lowest BCUT2D eigenvalue weighted by Gasteiger charge is -2.06. The van der Waals surface area contributed by atoms with Crippen molar-refractivity contribution < 1.29 is 4.74 Å². The van der Waals surface area contributed by atoms with Gasteiger partial charge in [0.2, 0.25) is 0 Å². The molecule has 1 aromatic carbocycles. The molecular formula is C19H16N4O2. The molecule has 3 aromatic heterocycles. The molecule has 0 bridgehead atoms. The van der Waals surface area contributed by atoms with Gasteiger partial charge in [0, 0.05) is 23.4 Å². The predicted molar refractivity (Wildman–Crippen MR) is 95.8 cm³/mol. The summed E-state index contributed by atoms with van der Waals surface area (Å²) >= 11 is 0. The minimum atomic E-state index is -0.185. The number of hydrogen-bond acceptors (Lipinski definition) is 4. The molecule has 25 heavy (non-hydrogen) atoms. The second-order valence-corrected chi connectivity index (χ2v) is 5.67. The number of H-pyrrole nitrogens is 1. The number of nitrogens with one attached hydrogen (secondary N) is 1. The quantitative estimate of drug-likeness (QED) is 0.626. The van der Waals surface area contributed by atoms with Crippen LogP contribution in [0.15, 0.2) is 59.5 Å². The van der Waals surface area contributed by atoms with Gasteiger partial charge in [0.05, 0.1) is 24.2 Å². The van der Waals surface area contributed by atoms with Crippen LogP contribution in [0.4, 0.5) is 0 Å². The first-order valence-electron chi connectivity index (χ1n) is 7.86. The third-order valence-electron chi connectivity index (χ3n) is 4.16. The van der Waals surface area contributed by atoms with Gasteiger partial charge in [-0.2, -0.15) is 0 Å². The summed E-state index contributed by atoms with van der Waals surface area (Å²) in [7, 11) is 1.63. The van der Waals surface area contributed by atoms with Gasteiger partial charge in [-0.05, 0) is 31.2 Å². The zero-order valence-corrected chi connectivity index (χ0v) is 13.9. The number of hydrogen-bond donors (Lipinski definition) is 1. The lowest BCUT2D eigenvalue weighted by molar-refractivity contribution is 0.416. The van der Waals surface area contributed by atoms with Crippen molar-refractivity contribution in [3.05, 3.63) is 70.6 Å². The molecule has 6 nitrogen and oxygen atoms in total. The number of aromatic nitrogens is 4. The van der Waals surface area contributed by atoms with E-state index >= 15 is 0 Å². The number of rotatable bonds is 3. The molecule has 4 rings (SSSR count). The standard InChI is InChI=1S/C19H16N4O2/c1-12-18(13-7-3-4-9-16(13)25-2)22-23-17(24)11-15(21-19(12)23)14-8-5-6-10-20-14/h3-11,22H,1-2H3. The first-order chi connectivity index (χ1) is 12.2. The van der Waals surface area contributed by atoms with E-state index in [1.54, 1.807) is 13.3 Å². The van der Waals surface area contributed by atoms with Crippen LogP contribution in [-0.4, -0.2) is 26.7 Å². The summed E-state index contributed by atoms with van der Waals surface area (Å²) in [6.07, 6.45) is 1.68. The molecule has 6 heteroatoms. The van der Waals surface area contributed by atoms with E-state index < -0.39 is 0 Å². The zero-order valence-electron chi connectivity index (χ0n) is 13.9. The Kier molecular flexibility index (Phi) is 3.57. The maximum atomic E-state index is 12.6. The van der Waals surface area contributed by atoms with E-state index in [4.69, 9.17) is 4.74 Å². The molecule has 0 amide bonds. The van der Waals surface area contributed by atoms with Gasteiger partial charge < -0.3 is 4.74 Å². The van der Waals surface area contributed by atoms with Gasteiger partial charge in [0.25, 0.3) is 5.56 Å². The van der Waals surface area contributed by atoms with Gasteiger partial charge in [0.1, 0.15) is 5.75 Å². The van der Waals surface area contributed by atoms with Gasteiger partial charge in [-0.1, -0.05) is 18.2 Å². The summed E-state index contributed by atoms with van der Waals surface area (Å²) in [5.74, 6) is 0.732. The Morgan fingerprint density at radius 2 is 1.88 bits per heavy atom. The lowest BCUT2D eigenvalue weighted by Crippen LogP contribution is -2.14. The third kappa shape index (κ3) is 2.48. The molecule has 124 valence electrons. The molecule has 0 saturated heterocycles. The van der Waals surface area contributed by atoms with Crippen LogP contribution in [0.1, 0.15) is 5.56 Å². The number of ether oxygens (including phenoxy) is 1. The van der Waals surface area contributed by atoms with Crippen LogP contribution in [-0.2, 0) is 0 Å². The fourth-order valence-electron chi connectivity index (χ4n) is 2.91. The highest BCUT2D eigenvalue weighted by Crippen LogP contribution is 2.32. The van der Waals surface area contributed by atoms with Gasteiger partial charge >= 0.3 is 0 Å². The number of methoxy groups -OCH3 is 1. The van der Waals surface area contributed by atoms with Crippen LogP contribution in [0, 0.1) is 6.92 Å². The largest absolute Gasteiger partial charge is 0.496 e. The third-order valence-corrected chi connectivity index (χ3v) is 4.16. The second kappa shape index (κ2) is 5.90. The highest BCUT2D eigenvalue weighted by Gasteiger charge is 2.16. The molecule has 3 heterocycles. The van der Waals surface area contributed by atoms with E-state index in [0.717, 1.165) is 22.6 Å². The minimum absolute atomic E-state index is 0.185. The Morgan fingerprint density at radius 3 is 2.64 bits per heavy atom. The molecule has 1 N–H and O–H groups in total. The van der Waals surface area contributed by atoms with E-state index in [9.17, 15) is 4.79 Å². The maximum absolute atomic E-state index is 12.6. The topological polar surface area (TPSA) is 72.3 Å². The molecule has 0 fully saturated rings. The lowest BCUT2D eigenvalue weighted by atomic mass is 10.1. The molecule has 0 aliphatic carbocycles. The Bertz CT molecular complexity index is 1110. The Labute approximate surface area is 143 Å². The smallest absolute Gasteiger partial charge is 0.273 e. The molecule has 4 aromatic rings. The molecule has 0 spiro atoms. The van der Waals surface area contributed by atoms with Gasteiger partial charge in [-0.25, -0.2) is 9.50 Å². The van der Waals surface area contributed by atoms with E-state index in [0.29, 0.717) is 17.0 Å². The Hall–Kier alpha value is -3.41. The number of pyridine rings is 1. The molecule has 0 atom stereocenters. The molecule has 0 radical (unpaired) electrons. The van der Waals surface area contributed by atoms with Crippen LogP contribution < -0.4 is 10.3 Å². The summed E-state index contributed by atoms with van der Waals surface area (Å²) in [5.41, 5.74) is 4.18. The van der Waals surface area contributed by atoms with Gasteiger partial charge in [0.15, 0.2) is 5.65 Å². The van der Waals surface area contributed by atoms with E-state index in [-0.39, 0.29) is 5.56 Å². The second-order valence-electron chi connectivity index (χ2n) is 5.67. The van der Waals surface area contributed by atoms with Crippen LogP contribution in [0.3, 0.4) is 0 Å². The fourth-order valence-corrected chi connectivity index (χ4v) is 2.91. The summed E-state index contributed by atoms with van der Waals surface area (Å²) < 4.78 is 6.88. The van der Waals surface area contributed by atoms with Gasteiger partial charge in [-0.15, -0.1) is 0 Å². The van der Waals surface area contributed by atoms with Gasteiger partial charge in [-0.3, -0.25) is 14.9 Å². The fraction of sp³-hybridized carbons (Fsp3) is 0.105. The van der Waals surface area contributed by atoms with E-state index in [2.05, 4.69) is 15.1 Å². The highest BCUT2D eigenvalue weighted by molar-refractivity contribution is 5.75. The highest BCUT2D eigenvalue weighted by atomic mass is 16.5. The molecule has 0 aliphatic heterocycles. The number of nitrogens with zero attached hydrogens (tertiary/aromatic N) is 3. The first kappa shape index (κ1) is 15.1. The molecule has 0 unspecified atom stereocenters. The Balaban J connectivity index is 1.97. The number of aromatic amines is 1. The number of para-hydroxylation sites is 1. The van der Waals surface area contributed by atoms with Crippen molar-refractivity contribution in [2.45, 2.75) is 6.92 Å². The number of aryl methyl sites for hydroxylation is 1. The van der Waals surface area contributed by atoms with Crippen LogP contribution in [0.25, 0.3) is 28.3 Å². The zero-order chi connectivity index (χ0) is 17.4. The monoisotopic (exact) mass is 332 g/mol. The number of fused-ring (bicyclic) bond motifs is 1. The van der Waals surface area contributed by atoms with Crippen LogP contribution in [0.5, 0.6) is 5.75 Å². The average molecular weight is 332 g/mol. The van der Waals surface area contributed by atoms with Crippen molar-refractivity contribution >= 4 is 5.65 Å². The van der Waals surface area contributed by atoms with Crippen molar-refractivity contribution in [1.29, 1.82) is 0 Å². The summed E-state index contributed by atoms with van der Waals surface area (Å²) in [5, 5.41) is 3.14. The van der Waals surface area contributed by atoms with Crippen LogP contribution >= 0.6 is 0 Å². The first-order valence-corrected chi connectivity index (χ1v) is 7.86.